The molecule has 0 radical (unpaired) electrons. The number of aromatic amines is 1. The van der Waals surface area contributed by atoms with E-state index in [4.69, 9.17) is 23.2 Å². The summed E-state index contributed by atoms with van der Waals surface area (Å²) in [5.74, 6) is 0.607. The molecule has 0 unspecified atom stereocenters. The van der Waals surface area contributed by atoms with Gasteiger partial charge < -0.3 is 9.88 Å². The molecule has 0 atom stereocenters. The van der Waals surface area contributed by atoms with Crippen molar-refractivity contribution in [1.29, 1.82) is 0 Å². The van der Waals surface area contributed by atoms with Crippen molar-refractivity contribution in [3.63, 3.8) is 0 Å². The lowest BCUT2D eigenvalue weighted by Gasteiger charge is -2.23. The van der Waals surface area contributed by atoms with Gasteiger partial charge >= 0.3 is 6.18 Å². The summed E-state index contributed by atoms with van der Waals surface area (Å²) in [6, 6.07) is 5.15. The van der Waals surface area contributed by atoms with Gasteiger partial charge in [-0.1, -0.05) is 23.2 Å². The first-order valence-corrected chi connectivity index (χ1v) is 7.61. The number of fused-ring (bicyclic) bond motifs is 1. The average molecular weight is 362 g/mol. The van der Waals surface area contributed by atoms with E-state index in [9.17, 15) is 13.2 Å². The Bertz CT molecular complexity index is 753. The number of alkyl halides is 3. The van der Waals surface area contributed by atoms with Crippen molar-refractivity contribution in [3.8, 4) is 11.4 Å². The summed E-state index contributed by atoms with van der Waals surface area (Å²) in [5, 5.41) is 0.867. The van der Waals surface area contributed by atoms with Crippen LogP contribution >= 0.6 is 23.2 Å². The van der Waals surface area contributed by atoms with Crippen LogP contribution < -0.4 is 0 Å². The molecule has 0 aliphatic carbocycles. The molecule has 0 bridgehead atoms. The summed E-state index contributed by atoms with van der Waals surface area (Å²) >= 11 is 11.9. The fourth-order valence-electron chi connectivity index (χ4n) is 2.31. The number of hydrogen-bond donors (Lipinski definition) is 1. The third kappa shape index (κ3) is 3.82. The summed E-state index contributed by atoms with van der Waals surface area (Å²) in [4.78, 5) is 9.19. The second-order valence-electron chi connectivity index (χ2n) is 5.23. The summed E-state index contributed by atoms with van der Waals surface area (Å²) in [5.41, 5.74) is 2.26. The lowest BCUT2D eigenvalue weighted by molar-refractivity contribution is -0.136. The van der Waals surface area contributed by atoms with Crippen molar-refractivity contribution >= 4 is 29.3 Å². The molecule has 3 nitrogen and oxygen atoms in total. The minimum absolute atomic E-state index is 0.0889. The molecule has 23 heavy (non-hydrogen) atoms. The van der Waals surface area contributed by atoms with Gasteiger partial charge in [-0.25, -0.2) is 4.98 Å². The standard InChI is InChI=1S/C15H12Cl2F3N3/c16-10-2-1-9(7-11(10)17)14-21-12-3-5-23(8-13(12)22-14)6-4-15(18,19)20/h1-3,5,7H,4,6,8H2,(H,21,22). The number of nitrogens with zero attached hydrogens (tertiary/aromatic N) is 2. The summed E-state index contributed by atoms with van der Waals surface area (Å²) in [7, 11) is 0. The Morgan fingerprint density at radius 2 is 2.00 bits per heavy atom. The second kappa shape index (κ2) is 6.09. The lowest BCUT2D eigenvalue weighted by Crippen LogP contribution is -2.25. The van der Waals surface area contributed by atoms with E-state index in [2.05, 4.69) is 9.97 Å². The highest BCUT2D eigenvalue weighted by Crippen LogP contribution is 2.29. The number of benzene rings is 1. The highest BCUT2D eigenvalue weighted by molar-refractivity contribution is 6.42. The van der Waals surface area contributed by atoms with Crippen molar-refractivity contribution in [2.75, 3.05) is 6.54 Å². The number of imidazole rings is 1. The third-order valence-corrected chi connectivity index (χ3v) is 4.23. The minimum atomic E-state index is -4.16. The molecule has 8 heteroatoms. The van der Waals surface area contributed by atoms with Crippen LogP contribution in [0.2, 0.25) is 10.0 Å². The molecule has 1 aromatic carbocycles. The molecule has 1 N–H and O–H groups in total. The fourth-order valence-corrected chi connectivity index (χ4v) is 2.61. The Labute approximate surface area is 140 Å². The normalized spacial score (nSPS) is 14.2. The van der Waals surface area contributed by atoms with Gasteiger partial charge in [-0.2, -0.15) is 13.2 Å². The van der Waals surface area contributed by atoms with Crippen LogP contribution in [0.15, 0.2) is 24.4 Å². The maximum atomic E-state index is 12.3. The second-order valence-corrected chi connectivity index (χ2v) is 6.04. The zero-order valence-electron chi connectivity index (χ0n) is 11.8. The van der Waals surface area contributed by atoms with E-state index in [1.165, 1.54) is 0 Å². The molecule has 2 aromatic rings. The number of nitrogens with one attached hydrogen (secondary N) is 1. The zero-order valence-corrected chi connectivity index (χ0v) is 13.3. The van der Waals surface area contributed by atoms with Gasteiger partial charge in [-0.05, 0) is 24.3 Å². The number of halogens is 5. The maximum absolute atomic E-state index is 12.3. The Hall–Kier alpha value is -1.66. The molecule has 1 aliphatic rings. The largest absolute Gasteiger partial charge is 0.390 e. The van der Waals surface area contributed by atoms with Crippen LogP contribution in [-0.2, 0) is 6.54 Å². The molecule has 1 aliphatic heterocycles. The third-order valence-electron chi connectivity index (χ3n) is 3.49. The van der Waals surface area contributed by atoms with Crippen molar-refractivity contribution in [2.24, 2.45) is 0 Å². The summed E-state index contributed by atoms with van der Waals surface area (Å²) < 4.78 is 36.9. The van der Waals surface area contributed by atoms with Gasteiger partial charge in [0.1, 0.15) is 5.82 Å². The van der Waals surface area contributed by atoms with Gasteiger partial charge in [0.15, 0.2) is 0 Å². The quantitative estimate of drug-likeness (QED) is 0.822. The fraction of sp³-hybridized carbons (Fsp3) is 0.267. The molecule has 0 saturated carbocycles. The van der Waals surface area contributed by atoms with Crippen LogP contribution in [0.3, 0.4) is 0 Å². The maximum Gasteiger partial charge on any atom is 0.390 e. The molecule has 2 heterocycles. The van der Waals surface area contributed by atoms with Crippen LogP contribution in [-0.4, -0.2) is 27.6 Å². The Kier molecular flexibility index (Phi) is 4.29. The van der Waals surface area contributed by atoms with Crippen molar-refractivity contribution in [2.45, 2.75) is 19.1 Å². The summed E-state index contributed by atoms with van der Waals surface area (Å²) in [6.45, 7) is 0.244. The van der Waals surface area contributed by atoms with Gasteiger partial charge in [-0.15, -0.1) is 0 Å². The van der Waals surface area contributed by atoms with E-state index in [0.29, 0.717) is 28.1 Å². The van der Waals surface area contributed by atoms with Crippen molar-refractivity contribution in [3.05, 3.63) is 45.8 Å². The van der Waals surface area contributed by atoms with Crippen LogP contribution in [0.4, 0.5) is 13.2 Å². The van der Waals surface area contributed by atoms with Crippen LogP contribution in [0.1, 0.15) is 17.8 Å². The van der Waals surface area contributed by atoms with E-state index in [0.717, 1.165) is 11.3 Å². The van der Waals surface area contributed by atoms with Gasteiger partial charge in [0.2, 0.25) is 0 Å². The topological polar surface area (TPSA) is 31.9 Å². The van der Waals surface area contributed by atoms with Crippen LogP contribution in [0, 0.1) is 0 Å². The number of aromatic nitrogens is 2. The number of H-pyrrole nitrogens is 1. The first-order valence-electron chi connectivity index (χ1n) is 6.85. The Balaban J connectivity index is 1.77. The summed E-state index contributed by atoms with van der Waals surface area (Å²) in [6.07, 6.45) is -1.64. The van der Waals surface area contributed by atoms with Crippen LogP contribution in [0.25, 0.3) is 17.5 Å². The zero-order chi connectivity index (χ0) is 16.6. The van der Waals surface area contributed by atoms with E-state index in [-0.39, 0.29) is 6.54 Å². The average Bonchev–Trinajstić information content (AvgIpc) is 2.90. The molecular weight excluding hydrogens is 350 g/mol. The molecule has 1 aromatic heterocycles. The van der Waals surface area contributed by atoms with Gasteiger partial charge in [0, 0.05) is 18.3 Å². The first-order chi connectivity index (χ1) is 10.8. The smallest absolute Gasteiger partial charge is 0.371 e. The molecule has 0 fully saturated rings. The Morgan fingerprint density at radius 3 is 2.70 bits per heavy atom. The van der Waals surface area contributed by atoms with E-state index < -0.39 is 12.6 Å². The predicted molar refractivity (Wildman–Crippen MR) is 84.2 cm³/mol. The monoisotopic (exact) mass is 361 g/mol. The molecular formula is C15H12Cl2F3N3. The highest BCUT2D eigenvalue weighted by Gasteiger charge is 2.28. The van der Waals surface area contributed by atoms with Gasteiger partial charge in [-0.3, -0.25) is 0 Å². The van der Waals surface area contributed by atoms with Gasteiger partial charge in [0.25, 0.3) is 0 Å². The molecule has 0 spiro atoms. The van der Waals surface area contributed by atoms with Crippen molar-refractivity contribution in [1.82, 2.24) is 14.9 Å². The molecule has 3 rings (SSSR count). The van der Waals surface area contributed by atoms with E-state index in [1.54, 1.807) is 35.4 Å². The first kappa shape index (κ1) is 16.2. The predicted octanol–water partition coefficient (Wildman–Crippen LogP) is 5.12. The molecule has 122 valence electrons. The SMILES string of the molecule is FC(F)(F)CCN1C=Cc2[nH]c(-c3ccc(Cl)c(Cl)c3)nc2C1. The van der Waals surface area contributed by atoms with Crippen LogP contribution in [0.5, 0.6) is 0 Å². The highest BCUT2D eigenvalue weighted by atomic mass is 35.5. The van der Waals surface area contributed by atoms with E-state index in [1.807, 2.05) is 0 Å². The van der Waals surface area contributed by atoms with Gasteiger partial charge in [0.05, 0.1) is 34.4 Å². The van der Waals surface area contributed by atoms with E-state index >= 15 is 0 Å². The Morgan fingerprint density at radius 1 is 1.22 bits per heavy atom. The number of hydrogen-bond acceptors (Lipinski definition) is 2. The van der Waals surface area contributed by atoms with Crippen molar-refractivity contribution < 1.29 is 13.2 Å². The minimum Gasteiger partial charge on any atom is -0.371 e. The number of rotatable bonds is 3. The molecule has 0 saturated heterocycles. The molecule has 0 amide bonds. The lowest BCUT2D eigenvalue weighted by atomic mass is 10.2.